The Balaban J connectivity index is 2.25. The molecule has 6 nitrogen and oxygen atoms in total. The van der Waals surface area contributed by atoms with Crippen LogP contribution in [0.2, 0.25) is 0 Å². The minimum absolute atomic E-state index is 0.0567. The van der Waals surface area contributed by atoms with Crippen LogP contribution >= 0.6 is 15.9 Å². The standard InChI is InChI=1S/C15H15BrFN3O3/c1-8(2)12(15(22)23)18-14(21)13-11(16)7-20(19-13)10-5-3-9(17)4-6-10/h3-8,12H,1-2H3,(H,18,21)(H,22,23). The number of carboxylic acid groups (broad SMARTS) is 1. The average molecular weight is 384 g/mol. The van der Waals surface area contributed by atoms with Crippen LogP contribution in [0.1, 0.15) is 24.3 Å². The third-order valence-electron chi connectivity index (χ3n) is 3.20. The molecule has 0 aliphatic heterocycles. The molecule has 1 heterocycles. The maximum absolute atomic E-state index is 13.0. The van der Waals surface area contributed by atoms with E-state index in [1.807, 2.05) is 0 Å². The third-order valence-corrected chi connectivity index (χ3v) is 3.78. The van der Waals surface area contributed by atoms with Crippen molar-refractivity contribution in [1.82, 2.24) is 15.1 Å². The molecule has 8 heteroatoms. The molecule has 0 radical (unpaired) electrons. The van der Waals surface area contributed by atoms with Gasteiger partial charge in [0.15, 0.2) is 5.69 Å². The number of hydrogen-bond acceptors (Lipinski definition) is 3. The summed E-state index contributed by atoms with van der Waals surface area (Å²) in [5.41, 5.74) is 0.631. The van der Waals surface area contributed by atoms with Gasteiger partial charge in [0, 0.05) is 6.20 Å². The third kappa shape index (κ3) is 3.95. The summed E-state index contributed by atoms with van der Waals surface area (Å²) in [6.07, 6.45) is 1.55. The summed E-state index contributed by atoms with van der Waals surface area (Å²) >= 11 is 3.23. The van der Waals surface area contributed by atoms with Gasteiger partial charge in [0.05, 0.1) is 10.2 Å². The van der Waals surface area contributed by atoms with Gasteiger partial charge in [-0.3, -0.25) is 4.79 Å². The first-order valence-electron chi connectivity index (χ1n) is 6.84. The highest BCUT2D eigenvalue weighted by molar-refractivity contribution is 9.10. The lowest BCUT2D eigenvalue weighted by molar-refractivity contribution is -0.140. The molecule has 0 fully saturated rings. The van der Waals surface area contributed by atoms with Gasteiger partial charge in [-0.15, -0.1) is 0 Å². The number of nitrogens with one attached hydrogen (secondary N) is 1. The smallest absolute Gasteiger partial charge is 0.326 e. The highest BCUT2D eigenvalue weighted by Gasteiger charge is 2.26. The fourth-order valence-corrected chi connectivity index (χ4v) is 2.41. The van der Waals surface area contributed by atoms with Crippen LogP contribution in [0.3, 0.4) is 0 Å². The molecule has 2 N–H and O–H groups in total. The van der Waals surface area contributed by atoms with E-state index >= 15 is 0 Å². The molecule has 0 spiro atoms. The second-order valence-corrected chi connectivity index (χ2v) is 6.13. The van der Waals surface area contributed by atoms with E-state index in [-0.39, 0.29) is 17.4 Å². The number of hydrogen-bond donors (Lipinski definition) is 2. The van der Waals surface area contributed by atoms with Crippen molar-refractivity contribution < 1.29 is 19.1 Å². The SMILES string of the molecule is CC(C)C(NC(=O)c1nn(-c2ccc(F)cc2)cc1Br)C(=O)O. The molecule has 0 aliphatic rings. The lowest BCUT2D eigenvalue weighted by Gasteiger charge is -2.17. The lowest BCUT2D eigenvalue weighted by Crippen LogP contribution is -2.44. The number of aromatic nitrogens is 2. The van der Waals surface area contributed by atoms with Crippen molar-refractivity contribution in [3.8, 4) is 5.69 Å². The van der Waals surface area contributed by atoms with E-state index in [0.29, 0.717) is 10.2 Å². The van der Waals surface area contributed by atoms with Crippen molar-refractivity contribution >= 4 is 27.8 Å². The van der Waals surface area contributed by atoms with E-state index < -0.39 is 17.9 Å². The van der Waals surface area contributed by atoms with Gasteiger partial charge in [-0.2, -0.15) is 5.10 Å². The minimum atomic E-state index is -1.11. The monoisotopic (exact) mass is 383 g/mol. The zero-order valence-electron chi connectivity index (χ0n) is 12.5. The first kappa shape index (κ1) is 17.1. The van der Waals surface area contributed by atoms with E-state index in [9.17, 15) is 14.0 Å². The molecule has 1 unspecified atom stereocenters. The molecule has 2 aromatic rings. The largest absolute Gasteiger partial charge is 0.480 e. The van der Waals surface area contributed by atoms with Gasteiger partial charge in [0.2, 0.25) is 0 Å². The van der Waals surface area contributed by atoms with E-state index in [0.717, 1.165) is 0 Å². The van der Waals surface area contributed by atoms with Crippen LogP contribution in [0, 0.1) is 11.7 Å². The Kier molecular flexibility index (Phi) is 5.15. The fraction of sp³-hybridized carbons (Fsp3) is 0.267. The summed E-state index contributed by atoms with van der Waals surface area (Å²) in [6.45, 7) is 3.40. The zero-order valence-corrected chi connectivity index (χ0v) is 14.0. The predicted octanol–water partition coefficient (Wildman–Crippen LogP) is 2.61. The number of rotatable bonds is 5. The molecule has 0 bridgehead atoms. The van der Waals surface area contributed by atoms with Gasteiger partial charge < -0.3 is 10.4 Å². The summed E-state index contributed by atoms with van der Waals surface area (Å²) in [7, 11) is 0. The number of carbonyl (C=O) groups excluding carboxylic acids is 1. The number of carboxylic acids is 1. The van der Waals surface area contributed by atoms with E-state index in [4.69, 9.17) is 5.11 Å². The molecule has 2 rings (SSSR count). The molecule has 0 saturated carbocycles. The van der Waals surface area contributed by atoms with Crippen LogP contribution in [0.15, 0.2) is 34.9 Å². The number of halogens is 2. The Hall–Kier alpha value is -2.22. The second-order valence-electron chi connectivity index (χ2n) is 5.28. The molecule has 1 amide bonds. The zero-order chi connectivity index (χ0) is 17.1. The van der Waals surface area contributed by atoms with Gasteiger partial charge in [-0.25, -0.2) is 13.9 Å². The van der Waals surface area contributed by atoms with E-state index in [2.05, 4.69) is 26.3 Å². The summed E-state index contributed by atoms with van der Waals surface area (Å²) in [5, 5.41) is 15.7. The van der Waals surface area contributed by atoms with Gasteiger partial charge in [-0.1, -0.05) is 13.8 Å². The number of nitrogens with zero attached hydrogens (tertiary/aromatic N) is 2. The summed E-state index contributed by atoms with van der Waals surface area (Å²) in [6, 6.07) is 4.59. The number of benzene rings is 1. The lowest BCUT2D eigenvalue weighted by atomic mass is 10.0. The second kappa shape index (κ2) is 6.91. The topological polar surface area (TPSA) is 84.2 Å². The number of amides is 1. The van der Waals surface area contributed by atoms with Crippen molar-refractivity contribution in [3.05, 3.63) is 46.4 Å². The molecule has 1 aromatic carbocycles. The summed E-state index contributed by atoms with van der Waals surface area (Å²) in [5.74, 6) is -2.35. The van der Waals surface area contributed by atoms with Gasteiger partial charge in [0.25, 0.3) is 5.91 Å². The van der Waals surface area contributed by atoms with Crippen molar-refractivity contribution in [1.29, 1.82) is 0 Å². The number of aliphatic carboxylic acids is 1. The molecular weight excluding hydrogens is 369 g/mol. The molecule has 0 saturated heterocycles. The summed E-state index contributed by atoms with van der Waals surface area (Å²) in [4.78, 5) is 23.4. The maximum atomic E-state index is 13.0. The molecule has 23 heavy (non-hydrogen) atoms. The first-order valence-corrected chi connectivity index (χ1v) is 7.63. The van der Waals surface area contributed by atoms with Crippen LogP contribution in [0.5, 0.6) is 0 Å². The highest BCUT2D eigenvalue weighted by atomic mass is 79.9. The van der Waals surface area contributed by atoms with Crippen molar-refractivity contribution in [2.75, 3.05) is 0 Å². The number of carbonyl (C=O) groups is 2. The highest BCUT2D eigenvalue weighted by Crippen LogP contribution is 2.19. The maximum Gasteiger partial charge on any atom is 0.326 e. The van der Waals surface area contributed by atoms with Crippen LogP contribution < -0.4 is 5.32 Å². The summed E-state index contributed by atoms with van der Waals surface area (Å²) < 4.78 is 14.8. The van der Waals surface area contributed by atoms with Crippen molar-refractivity contribution in [2.45, 2.75) is 19.9 Å². The fourth-order valence-electron chi connectivity index (χ4n) is 1.96. The molecule has 1 atom stereocenters. The van der Waals surface area contributed by atoms with Gasteiger partial charge in [0.1, 0.15) is 11.9 Å². The van der Waals surface area contributed by atoms with Crippen LogP contribution in [0.4, 0.5) is 4.39 Å². The molecule has 1 aromatic heterocycles. The normalized spacial score (nSPS) is 12.2. The van der Waals surface area contributed by atoms with Gasteiger partial charge >= 0.3 is 5.97 Å². The molecule has 122 valence electrons. The Morgan fingerprint density at radius 3 is 2.43 bits per heavy atom. The quantitative estimate of drug-likeness (QED) is 0.830. The van der Waals surface area contributed by atoms with E-state index in [1.165, 1.54) is 28.9 Å². The van der Waals surface area contributed by atoms with Crippen LogP contribution in [-0.2, 0) is 4.79 Å². The van der Waals surface area contributed by atoms with Crippen molar-refractivity contribution in [3.63, 3.8) is 0 Å². The van der Waals surface area contributed by atoms with Crippen LogP contribution in [0.25, 0.3) is 5.69 Å². The predicted molar refractivity (Wildman–Crippen MR) is 85.0 cm³/mol. The average Bonchev–Trinajstić information content (AvgIpc) is 2.86. The molecular formula is C15H15BrFN3O3. The Bertz CT molecular complexity index is 728. The van der Waals surface area contributed by atoms with Crippen LogP contribution in [-0.4, -0.2) is 32.8 Å². The Morgan fingerprint density at radius 1 is 1.30 bits per heavy atom. The van der Waals surface area contributed by atoms with E-state index in [1.54, 1.807) is 20.0 Å². The molecule has 0 aliphatic carbocycles. The first-order chi connectivity index (χ1) is 10.8. The van der Waals surface area contributed by atoms with Crippen molar-refractivity contribution in [2.24, 2.45) is 5.92 Å². The Labute approximate surface area is 140 Å². The Morgan fingerprint density at radius 2 is 1.91 bits per heavy atom. The minimum Gasteiger partial charge on any atom is -0.480 e. The van der Waals surface area contributed by atoms with Gasteiger partial charge in [-0.05, 0) is 46.1 Å².